The zero-order valence-corrected chi connectivity index (χ0v) is 19.7. The largest absolute Gasteiger partial charge is 0.378 e. The molecule has 0 spiro atoms. The van der Waals surface area contributed by atoms with Crippen molar-refractivity contribution in [1.29, 1.82) is 0 Å². The Morgan fingerprint density at radius 1 is 0.917 bits per heavy atom. The highest BCUT2D eigenvalue weighted by Gasteiger charge is 2.20. The summed E-state index contributed by atoms with van der Waals surface area (Å²) in [5.74, 6) is 0.843. The first kappa shape index (κ1) is 22.2. The summed E-state index contributed by atoms with van der Waals surface area (Å²) in [6.45, 7) is 2.87. The van der Waals surface area contributed by atoms with Crippen LogP contribution in [-0.4, -0.2) is 46.7 Å². The maximum absolute atomic E-state index is 13.2. The van der Waals surface area contributed by atoms with Crippen LogP contribution in [0.15, 0.2) is 72.9 Å². The van der Waals surface area contributed by atoms with Crippen LogP contribution >= 0.6 is 0 Å². The molecule has 2 aromatic heterocycles. The number of anilines is 2. The minimum absolute atomic E-state index is 0.300. The lowest BCUT2D eigenvalue weighted by Gasteiger charge is -2.29. The minimum atomic E-state index is -0.379. The second kappa shape index (κ2) is 9.05. The first-order valence-electron chi connectivity index (χ1n) is 11.8. The second-order valence-electron chi connectivity index (χ2n) is 8.83. The van der Waals surface area contributed by atoms with E-state index in [4.69, 9.17) is 14.7 Å². The lowest BCUT2D eigenvalue weighted by Crippen LogP contribution is -2.37. The molecule has 180 valence electrons. The van der Waals surface area contributed by atoms with Crippen LogP contribution in [0, 0.1) is 5.82 Å². The summed E-state index contributed by atoms with van der Waals surface area (Å²) in [5.41, 5.74) is 3.89. The number of morpholine rings is 1. The van der Waals surface area contributed by atoms with E-state index >= 15 is 0 Å². The van der Waals surface area contributed by atoms with Gasteiger partial charge in [0.1, 0.15) is 11.6 Å². The predicted octanol–water partition coefficient (Wildman–Crippen LogP) is 5.02. The van der Waals surface area contributed by atoms with E-state index in [-0.39, 0.29) is 11.7 Å². The number of benzene rings is 3. The van der Waals surface area contributed by atoms with Gasteiger partial charge >= 0.3 is 0 Å². The first-order chi connectivity index (χ1) is 17.6. The van der Waals surface area contributed by atoms with E-state index in [9.17, 15) is 9.18 Å². The zero-order chi connectivity index (χ0) is 24.6. The summed E-state index contributed by atoms with van der Waals surface area (Å²) in [6, 6.07) is 19.2. The summed E-state index contributed by atoms with van der Waals surface area (Å²) >= 11 is 0. The van der Waals surface area contributed by atoms with Gasteiger partial charge in [0.25, 0.3) is 5.91 Å². The van der Waals surface area contributed by atoms with Crippen molar-refractivity contribution >= 4 is 39.2 Å². The van der Waals surface area contributed by atoms with Crippen LogP contribution in [0.3, 0.4) is 0 Å². The highest BCUT2D eigenvalue weighted by atomic mass is 19.1. The van der Waals surface area contributed by atoms with Gasteiger partial charge in [0.05, 0.1) is 18.7 Å². The number of hydrogen-bond acceptors (Lipinski definition) is 5. The Kier molecular flexibility index (Phi) is 5.58. The molecule has 5 aromatic rings. The van der Waals surface area contributed by atoms with E-state index in [0.717, 1.165) is 46.3 Å². The fourth-order valence-corrected chi connectivity index (χ4v) is 4.58. The number of ether oxygens (including phenoxy) is 1. The quantitative estimate of drug-likeness (QED) is 0.390. The van der Waals surface area contributed by atoms with Crippen molar-refractivity contribution in [3.05, 3.63) is 84.3 Å². The zero-order valence-electron chi connectivity index (χ0n) is 19.7. The van der Waals surface area contributed by atoms with E-state index in [0.29, 0.717) is 30.3 Å². The molecule has 0 atom stereocenters. The van der Waals surface area contributed by atoms with Crippen LogP contribution in [0.2, 0.25) is 0 Å². The summed E-state index contributed by atoms with van der Waals surface area (Å²) in [5, 5.41) is 4.95. The number of fused-ring (bicyclic) bond motifs is 3. The van der Waals surface area contributed by atoms with Gasteiger partial charge < -0.3 is 19.5 Å². The lowest BCUT2D eigenvalue weighted by molar-refractivity contribution is 0.102. The maximum Gasteiger partial charge on any atom is 0.255 e. The highest BCUT2D eigenvalue weighted by Crippen LogP contribution is 2.33. The van der Waals surface area contributed by atoms with Crippen molar-refractivity contribution in [2.24, 2.45) is 7.05 Å². The third-order valence-corrected chi connectivity index (χ3v) is 6.53. The van der Waals surface area contributed by atoms with E-state index in [1.54, 1.807) is 0 Å². The van der Waals surface area contributed by atoms with Crippen molar-refractivity contribution in [1.82, 2.24) is 14.5 Å². The van der Waals surface area contributed by atoms with Crippen LogP contribution in [-0.2, 0) is 11.8 Å². The number of halogens is 1. The molecule has 1 saturated heterocycles. The molecule has 1 aliphatic rings. The Morgan fingerprint density at radius 2 is 1.67 bits per heavy atom. The predicted molar refractivity (Wildman–Crippen MR) is 139 cm³/mol. The molecule has 1 aliphatic heterocycles. The normalized spacial score (nSPS) is 13.9. The first-order valence-corrected chi connectivity index (χ1v) is 11.8. The summed E-state index contributed by atoms with van der Waals surface area (Å²) in [7, 11) is 2.03. The van der Waals surface area contributed by atoms with Crippen LogP contribution in [0.4, 0.5) is 15.9 Å². The standard InChI is InChI=1S/C28H24FN5O2/c1-33-13-12-22-24(33)11-10-23-25(22)31-26(32-27(23)34-14-16-36-17-15-34)18-4-8-21(9-5-18)30-28(35)19-2-6-20(29)7-3-19/h2-13H,14-17H2,1H3,(H,30,35). The molecule has 8 heteroatoms. The number of nitrogens with one attached hydrogen (secondary N) is 1. The Bertz CT molecular complexity index is 1570. The van der Waals surface area contributed by atoms with Gasteiger partial charge in [0.2, 0.25) is 0 Å². The number of nitrogens with zero attached hydrogens (tertiary/aromatic N) is 4. The van der Waals surface area contributed by atoms with Gasteiger partial charge in [-0.25, -0.2) is 14.4 Å². The van der Waals surface area contributed by atoms with Gasteiger partial charge in [0.15, 0.2) is 5.82 Å². The molecule has 36 heavy (non-hydrogen) atoms. The molecule has 1 amide bonds. The summed E-state index contributed by atoms with van der Waals surface area (Å²) in [4.78, 5) is 24.7. The number of amides is 1. The SMILES string of the molecule is Cn1ccc2c3nc(-c4ccc(NC(=O)c5ccc(F)cc5)cc4)nc(N4CCOCC4)c3ccc21. The van der Waals surface area contributed by atoms with E-state index in [1.807, 2.05) is 37.5 Å². The number of carbonyl (C=O) groups is 1. The van der Waals surface area contributed by atoms with Crippen LogP contribution in [0.5, 0.6) is 0 Å². The Morgan fingerprint density at radius 3 is 2.42 bits per heavy atom. The molecule has 0 aliphatic carbocycles. The number of aromatic nitrogens is 3. The number of rotatable bonds is 4. The van der Waals surface area contributed by atoms with Crippen LogP contribution in [0.1, 0.15) is 10.4 Å². The summed E-state index contributed by atoms with van der Waals surface area (Å²) < 4.78 is 20.8. The average Bonchev–Trinajstić information content (AvgIpc) is 3.30. The van der Waals surface area contributed by atoms with Crippen molar-refractivity contribution < 1.29 is 13.9 Å². The molecule has 0 radical (unpaired) electrons. The number of hydrogen-bond donors (Lipinski definition) is 1. The van der Waals surface area contributed by atoms with Gasteiger partial charge in [0, 0.05) is 59.4 Å². The van der Waals surface area contributed by atoms with Crippen molar-refractivity contribution in [3.63, 3.8) is 0 Å². The van der Waals surface area contributed by atoms with Gasteiger partial charge in [-0.1, -0.05) is 0 Å². The minimum Gasteiger partial charge on any atom is -0.378 e. The molecule has 1 N–H and O–H groups in total. The van der Waals surface area contributed by atoms with Crippen molar-refractivity contribution in [3.8, 4) is 11.4 Å². The van der Waals surface area contributed by atoms with Gasteiger partial charge in [-0.2, -0.15) is 0 Å². The van der Waals surface area contributed by atoms with Crippen molar-refractivity contribution in [2.75, 3.05) is 36.5 Å². The van der Waals surface area contributed by atoms with E-state index in [1.165, 1.54) is 24.3 Å². The van der Waals surface area contributed by atoms with Gasteiger partial charge in [-0.3, -0.25) is 4.79 Å². The highest BCUT2D eigenvalue weighted by molar-refractivity contribution is 6.08. The summed E-state index contributed by atoms with van der Waals surface area (Å²) in [6.07, 6.45) is 2.04. The van der Waals surface area contributed by atoms with Crippen LogP contribution in [0.25, 0.3) is 33.2 Å². The maximum atomic E-state index is 13.2. The monoisotopic (exact) mass is 481 g/mol. The van der Waals surface area contributed by atoms with Crippen molar-refractivity contribution in [2.45, 2.75) is 0 Å². The van der Waals surface area contributed by atoms with E-state index < -0.39 is 0 Å². The topological polar surface area (TPSA) is 72.3 Å². The smallest absolute Gasteiger partial charge is 0.255 e. The Hall–Kier alpha value is -4.30. The molecule has 0 saturated carbocycles. The molecule has 3 heterocycles. The molecule has 0 unspecified atom stereocenters. The Balaban J connectivity index is 1.38. The molecule has 7 nitrogen and oxygen atoms in total. The van der Waals surface area contributed by atoms with Gasteiger partial charge in [-0.15, -0.1) is 0 Å². The third kappa shape index (κ3) is 4.05. The molecular weight excluding hydrogens is 457 g/mol. The molecule has 0 bridgehead atoms. The van der Waals surface area contributed by atoms with E-state index in [2.05, 4.69) is 33.0 Å². The molecular formula is C28H24FN5O2. The Labute approximate surface area is 207 Å². The second-order valence-corrected chi connectivity index (χ2v) is 8.83. The van der Waals surface area contributed by atoms with Crippen LogP contribution < -0.4 is 10.2 Å². The lowest BCUT2D eigenvalue weighted by atomic mass is 10.1. The van der Waals surface area contributed by atoms with Gasteiger partial charge in [-0.05, 0) is 66.7 Å². The molecule has 1 fully saturated rings. The third-order valence-electron chi connectivity index (χ3n) is 6.53. The number of aryl methyl sites for hydroxylation is 1. The number of carbonyl (C=O) groups excluding carboxylic acids is 1. The fraction of sp³-hybridized carbons (Fsp3) is 0.179. The fourth-order valence-electron chi connectivity index (χ4n) is 4.58. The molecule has 6 rings (SSSR count). The average molecular weight is 482 g/mol. The molecule has 3 aromatic carbocycles.